The standard InChI is InChI=1S/C16H31NO3.Na.H/c1-3-4-5-6-7-8-9-10-11-12-15(18)14(2)13-16(19)20-17;;/h14H,3-13,17H2,1-2H3;;/q;+1;-1. The van der Waals surface area contributed by atoms with Crippen molar-refractivity contribution in [3.8, 4) is 0 Å². The van der Waals surface area contributed by atoms with Crippen LogP contribution in [-0.4, -0.2) is 11.8 Å². The summed E-state index contributed by atoms with van der Waals surface area (Å²) in [6, 6.07) is 0. The van der Waals surface area contributed by atoms with Crippen LogP contribution in [0.1, 0.15) is 85.9 Å². The average molecular weight is 309 g/mol. The number of rotatable bonds is 13. The Labute approximate surface area is 153 Å². The molecule has 21 heavy (non-hydrogen) atoms. The molecule has 0 saturated carbocycles. The van der Waals surface area contributed by atoms with Crippen molar-refractivity contribution in [2.45, 2.75) is 84.5 Å². The fourth-order valence-corrected chi connectivity index (χ4v) is 2.27. The third-order valence-electron chi connectivity index (χ3n) is 3.68. The van der Waals surface area contributed by atoms with Crippen LogP contribution in [0.5, 0.6) is 0 Å². The molecule has 0 aliphatic rings. The minimum atomic E-state index is -0.516. The normalized spacial score (nSPS) is 11.6. The molecule has 0 fully saturated rings. The Balaban J connectivity index is -0.00000180. The van der Waals surface area contributed by atoms with Crippen LogP contribution in [0.3, 0.4) is 0 Å². The Hall–Kier alpha value is 0.1000. The number of unbranched alkanes of at least 4 members (excludes halogenated alkanes) is 8. The summed E-state index contributed by atoms with van der Waals surface area (Å²) in [6.45, 7) is 3.98. The number of carbonyl (C=O) groups is 2. The van der Waals surface area contributed by atoms with Gasteiger partial charge < -0.3 is 6.26 Å². The molecule has 5 heteroatoms. The van der Waals surface area contributed by atoms with Crippen molar-refractivity contribution >= 4 is 11.8 Å². The van der Waals surface area contributed by atoms with Gasteiger partial charge in [0.15, 0.2) is 0 Å². The molecular formula is C16H32NNaO3. The topological polar surface area (TPSA) is 69.4 Å². The Morgan fingerprint density at radius 1 is 1.00 bits per heavy atom. The summed E-state index contributed by atoms with van der Waals surface area (Å²) in [6.07, 6.45) is 11.8. The van der Waals surface area contributed by atoms with Crippen LogP contribution < -0.4 is 35.5 Å². The molecule has 120 valence electrons. The van der Waals surface area contributed by atoms with Gasteiger partial charge in [0.05, 0.1) is 6.42 Å². The molecule has 0 aliphatic carbocycles. The molecule has 0 aromatic heterocycles. The van der Waals surface area contributed by atoms with Crippen LogP contribution >= 0.6 is 0 Å². The summed E-state index contributed by atoms with van der Waals surface area (Å²) in [4.78, 5) is 26.8. The van der Waals surface area contributed by atoms with E-state index in [1.165, 1.54) is 44.9 Å². The Morgan fingerprint density at radius 2 is 1.48 bits per heavy atom. The van der Waals surface area contributed by atoms with Crippen molar-refractivity contribution in [3.63, 3.8) is 0 Å². The van der Waals surface area contributed by atoms with Crippen molar-refractivity contribution in [2.24, 2.45) is 11.8 Å². The van der Waals surface area contributed by atoms with Gasteiger partial charge in [-0.05, 0) is 6.42 Å². The average Bonchev–Trinajstić information content (AvgIpc) is 2.45. The summed E-state index contributed by atoms with van der Waals surface area (Å²) >= 11 is 0. The second-order valence-electron chi connectivity index (χ2n) is 5.64. The molecule has 2 N–H and O–H groups in total. The van der Waals surface area contributed by atoms with E-state index in [0.29, 0.717) is 6.42 Å². The quantitative estimate of drug-likeness (QED) is 0.313. The monoisotopic (exact) mass is 309 g/mol. The molecule has 0 radical (unpaired) electrons. The number of hydrogen-bond donors (Lipinski definition) is 1. The van der Waals surface area contributed by atoms with Crippen LogP contribution in [0.15, 0.2) is 0 Å². The van der Waals surface area contributed by atoms with Crippen molar-refractivity contribution in [1.29, 1.82) is 0 Å². The van der Waals surface area contributed by atoms with E-state index in [9.17, 15) is 9.59 Å². The molecular weight excluding hydrogens is 277 g/mol. The fourth-order valence-electron chi connectivity index (χ4n) is 2.27. The summed E-state index contributed by atoms with van der Waals surface area (Å²) in [5.41, 5.74) is 0. The van der Waals surface area contributed by atoms with Crippen molar-refractivity contribution in [3.05, 3.63) is 0 Å². The Bertz CT molecular complexity index is 278. The van der Waals surface area contributed by atoms with Gasteiger partial charge in [0.2, 0.25) is 0 Å². The predicted octanol–water partition coefficient (Wildman–Crippen LogP) is 1.04. The number of Topliss-reactive ketones (excluding diaryl/α,β-unsaturated/α-hetero) is 1. The zero-order valence-electron chi connectivity index (χ0n) is 15.2. The molecule has 0 heterocycles. The van der Waals surface area contributed by atoms with Gasteiger partial charge in [-0.25, -0.2) is 0 Å². The van der Waals surface area contributed by atoms with Gasteiger partial charge in [0.25, 0.3) is 0 Å². The zero-order chi connectivity index (χ0) is 15.2. The van der Waals surface area contributed by atoms with E-state index in [-0.39, 0.29) is 49.1 Å². The van der Waals surface area contributed by atoms with Crippen LogP contribution in [0.2, 0.25) is 0 Å². The minimum absolute atomic E-state index is 0. The van der Waals surface area contributed by atoms with E-state index in [2.05, 4.69) is 11.8 Å². The number of ketones is 1. The second-order valence-corrected chi connectivity index (χ2v) is 5.64. The van der Waals surface area contributed by atoms with Gasteiger partial charge in [-0.3, -0.25) is 9.59 Å². The SMILES string of the molecule is CCCCCCCCCCCC(=O)C(C)CC(=O)ON.[H-].[Na+]. The molecule has 0 rings (SSSR count). The smallest absolute Gasteiger partial charge is 1.00 e. The number of carbonyl (C=O) groups excluding carboxylic acids is 2. The largest absolute Gasteiger partial charge is 1.00 e. The predicted molar refractivity (Wildman–Crippen MR) is 82.0 cm³/mol. The first-order valence-electron chi connectivity index (χ1n) is 8.04. The van der Waals surface area contributed by atoms with Gasteiger partial charge in [-0.15, -0.1) is 0 Å². The Morgan fingerprint density at radius 3 is 1.95 bits per heavy atom. The fraction of sp³-hybridized carbons (Fsp3) is 0.875. The maximum absolute atomic E-state index is 11.8. The molecule has 0 spiro atoms. The van der Waals surface area contributed by atoms with Crippen LogP contribution in [0.4, 0.5) is 0 Å². The third-order valence-corrected chi connectivity index (χ3v) is 3.68. The third kappa shape index (κ3) is 14.8. The second kappa shape index (κ2) is 16.5. The molecule has 0 amide bonds. The van der Waals surface area contributed by atoms with E-state index in [1.807, 2.05) is 0 Å². The molecule has 0 saturated heterocycles. The summed E-state index contributed by atoms with van der Waals surface area (Å²) in [5, 5.41) is 0. The van der Waals surface area contributed by atoms with Gasteiger partial charge in [0, 0.05) is 12.3 Å². The van der Waals surface area contributed by atoms with Crippen LogP contribution in [0.25, 0.3) is 0 Å². The minimum Gasteiger partial charge on any atom is -1.00 e. The van der Waals surface area contributed by atoms with E-state index < -0.39 is 5.97 Å². The van der Waals surface area contributed by atoms with Crippen LogP contribution in [-0.2, 0) is 14.4 Å². The molecule has 1 atom stereocenters. The summed E-state index contributed by atoms with van der Waals surface area (Å²) in [7, 11) is 0. The van der Waals surface area contributed by atoms with E-state index in [0.717, 1.165) is 12.8 Å². The first-order chi connectivity index (χ1) is 9.61. The zero-order valence-corrected chi connectivity index (χ0v) is 16.2. The Kier molecular flexibility index (Phi) is 18.3. The first kappa shape index (κ1) is 23.4. The molecule has 0 aliphatic heterocycles. The number of nitrogens with two attached hydrogens (primary N) is 1. The van der Waals surface area contributed by atoms with Gasteiger partial charge in [-0.2, -0.15) is 5.90 Å². The molecule has 0 aromatic carbocycles. The molecule has 0 bridgehead atoms. The summed E-state index contributed by atoms with van der Waals surface area (Å²) in [5.74, 6) is 4.10. The van der Waals surface area contributed by atoms with E-state index in [1.54, 1.807) is 6.92 Å². The van der Waals surface area contributed by atoms with Crippen molar-refractivity contribution < 1.29 is 45.4 Å². The number of hydrogen-bond acceptors (Lipinski definition) is 4. The van der Waals surface area contributed by atoms with Crippen molar-refractivity contribution in [1.82, 2.24) is 0 Å². The van der Waals surface area contributed by atoms with Gasteiger partial charge >= 0.3 is 35.5 Å². The van der Waals surface area contributed by atoms with Gasteiger partial charge in [0.1, 0.15) is 5.78 Å². The maximum atomic E-state index is 11.8. The van der Waals surface area contributed by atoms with Gasteiger partial charge in [-0.1, -0.05) is 65.2 Å². The summed E-state index contributed by atoms with van der Waals surface area (Å²) < 4.78 is 0. The van der Waals surface area contributed by atoms with Crippen molar-refractivity contribution in [2.75, 3.05) is 0 Å². The molecule has 4 nitrogen and oxygen atoms in total. The molecule has 0 aromatic rings. The van der Waals surface area contributed by atoms with E-state index in [4.69, 9.17) is 5.90 Å². The first-order valence-corrected chi connectivity index (χ1v) is 8.04. The van der Waals surface area contributed by atoms with E-state index >= 15 is 0 Å². The van der Waals surface area contributed by atoms with Crippen LogP contribution in [0, 0.1) is 5.92 Å². The molecule has 1 unspecified atom stereocenters. The maximum Gasteiger partial charge on any atom is 1.00 e.